The van der Waals surface area contributed by atoms with Gasteiger partial charge in [0.2, 0.25) is 0 Å². The summed E-state index contributed by atoms with van der Waals surface area (Å²) in [6, 6.07) is 4.68. The second-order valence-corrected chi connectivity index (χ2v) is 5.78. The summed E-state index contributed by atoms with van der Waals surface area (Å²) in [5.41, 5.74) is 7.30. The van der Waals surface area contributed by atoms with Gasteiger partial charge in [-0.15, -0.1) is 11.3 Å². The van der Waals surface area contributed by atoms with Gasteiger partial charge in [-0.1, -0.05) is 11.6 Å². The van der Waals surface area contributed by atoms with E-state index in [0.717, 1.165) is 15.6 Å². The molecular weight excluding hydrogens is 284 g/mol. The van der Waals surface area contributed by atoms with Crippen molar-refractivity contribution in [1.29, 1.82) is 0 Å². The summed E-state index contributed by atoms with van der Waals surface area (Å²) in [7, 11) is 0. The van der Waals surface area contributed by atoms with E-state index in [4.69, 9.17) is 22.1 Å². The van der Waals surface area contributed by atoms with Crippen LogP contribution in [-0.4, -0.2) is 11.0 Å². The Morgan fingerprint density at radius 1 is 1.47 bits per heavy atom. The van der Waals surface area contributed by atoms with Crippen LogP contribution in [0.1, 0.15) is 25.9 Å². The molecule has 2 rings (SSSR count). The molecule has 1 heterocycles. The van der Waals surface area contributed by atoms with E-state index in [-0.39, 0.29) is 6.61 Å². The van der Waals surface area contributed by atoms with E-state index in [0.29, 0.717) is 16.3 Å². The molecule has 4 nitrogen and oxygen atoms in total. The molecule has 0 aliphatic heterocycles. The number of aryl methyl sites for hydroxylation is 2. The first-order chi connectivity index (χ1) is 8.97. The highest BCUT2D eigenvalue weighted by atomic mass is 35.5. The number of halogens is 1. The van der Waals surface area contributed by atoms with E-state index in [9.17, 15) is 4.79 Å². The lowest BCUT2D eigenvalue weighted by molar-refractivity contribution is 0.0473. The number of hydrogen-bond donors (Lipinski definition) is 1. The van der Waals surface area contributed by atoms with E-state index in [1.807, 2.05) is 13.8 Å². The zero-order chi connectivity index (χ0) is 14.0. The van der Waals surface area contributed by atoms with Gasteiger partial charge in [0.05, 0.1) is 11.3 Å². The third-order valence-electron chi connectivity index (χ3n) is 2.63. The summed E-state index contributed by atoms with van der Waals surface area (Å²) >= 11 is 7.29. The molecular formula is C13H13ClN2O2S. The highest BCUT2D eigenvalue weighted by Crippen LogP contribution is 2.21. The Kier molecular flexibility index (Phi) is 4.07. The van der Waals surface area contributed by atoms with E-state index in [1.165, 1.54) is 17.4 Å². The van der Waals surface area contributed by atoms with Crippen molar-refractivity contribution in [2.75, 3.05) is 5.73 Å². The number of esters is 1. The number of anilines is 1. The van der Waals surface area contributed by atoms with Gasteiger partial charge < -0.3 is 10.5 Å². The van der Waals surface area contributed by atoms with Gasteiger partial charge in [0.15, 0.2) is 0 Å². The molecule has 0 amide bonds. The van der Waals surface area contributed by atoms with E-state index in [1.54, 1.807) is 12.1 Å². The normalized spacial score (nSPS) is 10.5. The average molecular weight is 297 g/mol. The monoisotopic (exact) mass is 296 g/mol. The predicted molar refractivity (Wildman–Crippen MR) is 76.6 cm³/mol. The fourth-order valence-corrected chi connectivity index (χ4v) is 2.55. The number of nitrogen functional groups attached to an aromatic ring is 1. The van der Waals surface area contributed by atoms with Crippen LogP contribution in [-0.2, 0) is 11.3 Å². The fraction of sp³-hybridized carbons (Fsp3) is 0.231. The van der Waals surface area contributed by atoms with Crippen molar-refractivity contribution in [3.63, 3.8) is 0 Å². The maximum absolute atomic E-state index is 11.9. The Bertz CT molecular complexity index is 606. The third kappa shape index (κ3) is 3.24. The van der Waals surface area contributed by atoms with Gasteiger partial charge in [0, 0.05) is 15.6 Å². The fourth-order valence-electron chi connectivity index (χ4n) is 1.53. The number of rotatable bonds is 3. The van der Waals surface area contributed by atoms with Crippen LogP contribution in [0.25, 0.3) is 0 Å². The number of nitrogens with two attached hydrogens (primary N) is 1. The molecule has 0 atom stereocenters. The van der Waals surface area contributed by atoms with Crippen molar-refractivity contribution in [3.8, 4) is 0 Å². The Balaban J connectivity index is 2.05. The number of carbonyl (C=O) groups excluding carboxylic acids is 1. The first-order valence-corrected chi connectivity index (χ1v) is 6.82. The summed E-state index contributed by atoms with van der Waals surface area (Å²) in [6.07, 6.45) is 0. The number of benzene rings is 1. The molecule has 0 radical (unpaired) electrons. The van der Waals surface area contributed by atoms with Gasteiger partial charge in [0.25, 0.3) is 0 Å². The summed E-state index contributed by atoms with van der Waals surface area (Å²) in [6.45, 7) is 4.06. The number of carbonyl (C=O) groups is 1. The first kappa shape index (κ1) is 13.8. The molecule has 0 bridgehead atoms. The van der Waals surface area contributed by atoms with Crippen molar-refractivity contribution in [2.45, 2.75) is 20.5 Å². The topological polar surface area (TPSA) is 65.2 Å². The molecule has 1 aromatic carbocycles. The number of aromatic nitrogens is 1. The molecule has 0 saturated carbocycles. The van der Waals surface area contributed by atoms with Crippen LogP contribution < -0.4 is 5.73 Å². The van der Waals surface area contributed by atoms with Crippen LogP contribution in [0.15, 0.2) is 18.2 Å². The highest BCUT2D eigenvalue weighted by Gasteiger charge is 2.13. The predicted octanol–water partition coefficient (Wildman–Crippen LogP) is 3.35. The largest absolute Gasteiger partial charge is 0.455 e. The van der Waals surface area contributed by atoms with Crippen molar-refractivity contribution >= 4 is 34.6 Å². The second kappa shape index (κ2) is 5.59. The maximum atomic E-state index is 11.9. The quantitative estimate of drug-likeness (QED) is 0.697. The van der Waals surface area contributed by atoms with Crippen molar-refractivity contribution in [2.24, 2.45) is 0 Å². The van der Waals surface area contributed by atoms with Gasteiger partial charge in [-0.05, 0) is 32.0 Å². The van der Waals surface area contributed by atoms with Gasteiger partial charge in [-0.3, -0.25) is 0 Å². The lowest BCUT2D eigenvalue weighted by Crippen LogP contribution is -2.08. The summed E-state index contributed by atoms with van der Waals surface area (Å²) in [5, 5.41) is 1.26. The number of ether oxygens (including phenoxy) is 1. The minimum atomic E-state index is -0.473. The van der Waals surface area contributed by atoms with Crippen LogP contribution in [0.2, 0.25) is 5.02 Å². The average Bonchev–Trinajstić information content (AvgIpc) is 2.66. The van der Waals surface area contributed by atoms with Crippen LogP contribution in [0, 0.1) is 13.8 Å². The molecule has 0 unspecified atom stereocenters. The summed E-state index contributed by atoms with van der Waals surface area (Å²) < 4.78 is 5.19. The molecule has 19 heavy (non-hydrogen) atoms. The molecule has 0 fully saturated rings. The number of hydrogen-bond acceptors (Lipinski definition) is 5. The van der Waals surface area contributed by atoms with Crippen molar-refractivity contribution < 1.29 is 9.53 Å². The Morgan fingerprint density at radius 2 is 2.21 bits per heavy atom. The Hall–Kier alpha value is -1.59. The highest BCUT2D eigenvalue weighted by molar-refractivity contribution is 7.11. The molecule has 2 aromatic rings. The first-order valence-electron chi connectivity index (χ1n) is 5.62. The van der Waals surface area contributed by atoms with E-state index >= 15 is 0 Å². The number of nitrogens with zero attached hydrogens (tertiary/aromatic N) is 1. The number of thiazole rings is 1. The molecule has 1 aromatic heterocycles. The molecule has 0 aliphatic carbocycles. The summed E-state index contributed by atoms with van der Waals surface area (Å²) in [5.74, 6) is -0.473. The smallest absolute Gasteiger partial charge is 0.340 e. The third-order valence-corrected chi connectivity index (χ3v) is 3.91. The van der Waals surface area contributed by atoms with Gasteiger partial charge in [0.1, 0.15) is 11.6 Å². The molecule has 2 N–H and O–H groups in total. The molecule has 0 saturated heterocycles. The van der Waals surface area contributed by atoms with Gasteiger partial charge in [-0.2, -0.15) is 0 Å². The van der Waals surface area contributed by atoms with Crippen LogP contribution >= 0.6 is 22.9 Å². The van der Waals surface area contributed by atoms with Crippen LogP contribution in [0.5, 0.6) is 0 Å². The molecule has 6 heteroatoms. The minimum absolute atomic E-state index is 0.153. The zero-order valence-electron chi connectivity index (χ0n) is 10.6. The zero-order valence-corrected chi connectivity index (χ0v) is 12.1. The maximum Gasteiger partial charge on any atom is 0.340 e. The van der Waals surface area contributed by atoms with Crippen molar-refractivity contribution in [3.05, 3.63) is 44.4 Å². The van der Waals surface area contributed by atoms with E-state index in [2.05, 4.69) is 4.98 Å². The SMILES string of the molecule is Cc1nc(COC(=O)c2ccc(Cl)cc2N)sc1C. The van der Waals surface area contributed by atoms with Crippen LogP contribution in [0.3, 0.4) is 0 Å². The molecule has 0 spiro atoms. The van der Waals surface area contributed by atoms with E-state index < -0.39 is 5.97 Å². The Morgan fingerprint density at radius 3 is 2.79 bits per heavy atom. The standard InChI is InChI=1S/C13H13ClN2O2S/c1-7-8(2)19-12(16-7)6-18-13(17)10-4-3-9(14)5-11(10)15/h3-5H,6,15H2,1-2H3. The van der Waals surface area contributed by atoms with Crippen molar-refractivity contribution in [1.82, 2.24) is 4.98 Å². The lowest BCUT2D eigenvalue weighted by atomic mass is 10.2. The second-order valence-electron chi connectivity index (χ2n) is 4.06. The molecule has 100 valence electrons. The van der Waals surface area contributed by atoms with Gasteiger partial charge in [-0.25, -0.2) is 9.78 Å². The minimum Gasteiger partial charge on any atom is -0.455 e. The van der Waals surface area contributed by atoms with Gasteiger partial charge >= 0.3 is 5.97 Å². The molecule has 0 aliphatic rings. The lowest BCUT2D eigenvalue weighted by Gasteiger charge is -2.05. The van der Waals surface area contributed by atoms with Crippen LogP contribution in [0.4, 0.5) is 5.69 Å². The summed E-state index contributed by atoms with van der Waals surface area (Å²) in [4.78, 5) is 17.3. The Labute approximate surface area is 120 Å².